The lowest BCUT2D eigenvalue weighted by Crippen LogP contribution is -2.20. The number of ether oxygens (including phenoxy) is 1. The first-order valence-corrected chi connectivity index (χ1v) is 5.19. The van der Waals surface area contributed by atoms with E-state index in [0.717, 1.165) is 25.4 Å². The van der Waals surface area contributed by atoms with Crippen LogP contribution in [-0.4, -0.2) is 22.7 Å². The van der Waals surface area contributed by atoms with Crippen molar-refractivity contribution in [3.63, 3.8) is 0 Å². The van der Waals surface area contributed by atoms with Crippen LogP contribution in [0.15, 0.2) is 12.4 Å². The van der Waals surface area contributed by atoms with Crippen molar-refractivity contribution >= 4 is 24.8 Å². The van der Waals surface area contributed by atoms with Crippen molar-refractivity contribution in [3.8, 4) is 0 Å². The van der Waals surface area contributed by atoms with Crippen molar-refractivity contribution in [2.45, 2.75) is 26.0 Å². The number of hydrogen-bond donors (Lipinski definition) is 1. The summed E-state index contributed by atoms with van der Waals surface area (Å²) < 4.78 is 7.80. The second kappa shape index (κ2) is 7.12. The monoisotopic (exact) mass is 267 g/mol. The average Bonchev–Trinajstić information content (AvgIpc) is 2.85. The summed E-state index contributed by atoms with van der Waals surface area (Å²) in [6.45, 7) is 4.54. The van der Waals surface area contributed by atoms with Gasteiger partial charge in [-0.25, -0.2) is 4.98 Å². The molecule has 0 aromatic carbocycles. The summed E-state index contributed by atoms with van der Waals surface area (Å²) in [5.41, 5.74) is 5.70. The summed E-state index contributed by atoms with van der Waals surface area (Å²) in [5.74, 6) is 1.46. The molecular formula is C10H19Cl2N3O. The fraction of sp³-hybridized carbons (Fsp3) is 0.700. The van der Waals surface area contributed by atoms with Crippen LogP contribution < -0.4 is 5.73 Å². The number of halogens is 2. The van der Waals surface area contributed by atoms with Crippen molar-refractivity contribution in [2.75, 3.05) is 13.2 Å². The zero-order valence-corrected chi connectivity index (χ0v) is 11.0. The molecule has 1 aliphatic heterocycles. The number of nitrogens with two attached hydrogens (primary N) is 1. The van der Waals surface area contributed by atoms with Crippen LogP contribution in [0.25, 0.3) is 0 Å². The van der Waals surface area contributed by atoms with Crippen LogP contribution in [0, 0.1) is 5.92 Å². The van der Waals surface area contributed by atoms with Gasteiger partial charge in [-0.1, -0.05) is 0 Å². The van der Waals surface area contributed by atoms with Crippen molar-refractivity contribution in [1.82, 2.24) is 9.55 Å². The van der Waals surface area contributed by atoms with Crippen molar-refractivity contribution in [2.24, 2.45) is 11.7 Å². The van der Waals surface area contributed by atoms with Crippen LogP contribution in [0.4, 0.5) is 0 Å². The largest absolute Gasteiger partial charge is 0.370 e. The highest BCUT2D eigenvalue weighted by molar-refractivity contribution is 5.85. The number of rotatable bonds is 3. The Kier molecular flexibility index (Phi) is 6.99. The minimum Gasteiger partial charge on any atom is -0.370 e. The van der Waals surface area contributed by atoms with E-state index in [-0.39, 0.29) is 30.9 Å². The quantitative estimate of drug-likeness (QED) is 0.909. The van der Waals surface area contributed by atoms with Crippen LogP contribution >= 0.6 is 24.8 Å². The molecule has 2 atom stereocenters. The number of aryl methyl sites for hydroxylation is 1. The zero-order chi connectivity index (χ0) is 9.97. The first-order valence-electron chi connectivity index (χ1n) is 5.19. The molecule has 2 unspecified atom stereocenters. The van der Waals surface area contributed by atoms with E-state index in [2.05, 4.69) is 16.5 Å². The molecule has 0 amide bonds. The van der Waals surface area contributed by atoms with Crippen molar-refractivity contribution < 1.29 is 4.74 Å². The zero-order valence-electron chi connectivity index (χ0n) is 9.33. The molecule has 0 radical (unpaired) electrons. The molecule has 2 N–H and O–H groups in total. The van der Waals surface area contributed by atoms with E-state index in [4.69, 9.17) is 10.5 Å². The highest BCUT2D eigenvalue weighted by Gasteiger charge is 2.31. The van der Waals surface area contributed by atoms with Crippen LogP contribution in [0.2, 0.25) is 0 Å². The predicted molar refractivity (Wildman–Crippen MR) is 68.3 cm³/mol. The van der Waals surface area contributed by atoms with Crippen molar-refractivity contribution in [1.29, 1.82) is 0 Å². The summed E-state index contributed by atoms with van der Waals surface area (Å²) in [6.07, 6.45) is 4.98. The van der Waals surface area contributed by atoms with Crippen molar-refractivity contribution in [3.05, 3.63) is 18.2 Å². The molecule has 1 aromatic rings. The topological polar surface area (TPSA) is 53.1 Å². The summed E-state index contributed by atoms with van der Waals surface area (Å²) in [5, 5.41) is 0. The van der Waals surface area contributed by atoms with Gasteiger partial charge in [0.1, 0.15) is 11.9 Å². The molecule has 6 heteroatoms. The molecule has 1 aliphatic rings. The van der Waals surface area contributed by atoms with Gasteiger partial charge in [0.25, 0.3) is 0 Å². The molecule has 0 bridgehead atoms. The van der Waals surface area contributed by atoms with E-state index in [1.165, 1.54) is 0 Å². The molecule has 0 spiro atoms. The summed E-state index contributed by atoms with van der Waals surface area (Å²) in [4.78, 5) is 4.35. The molecule has 94 valence electrons. The van der Waals surface area contributed by atoms with Gasteiger partial charge in [-0.15, -0.1) is 24.8 Å². The summed E-state index contributed by atoms with van der Waals surface area (Å²) in [6, 6.07) is 0. The Bertz CT molecular complexity index is 306. The van der Waals surface area contributed by atoms with Gasteiger partial charge in [0.2, 0.25) is 0 Å². The number of aromatic nitrogens is 2. The van der Waals surface area contributed by atoms with E-state index in [1.807, 2.05) is 12.4 Å². The molecule has 4 nitrogen and oxygen atoms in total. The highest BCUT2D eigenvalue weighted by Crippen LogP contribution is 2.32. The lowest BCUT2D eigenvalue weighted by Gasteiger charge is -2.17. The van der Waals surface area contributed by atoms with Gasteiger partial charge >= 0.3 is 0 Å². The standard InChI is InChI=1S/C10H17N3O.2ClH/c1-2-13-5-4-12-10(13)9-8(7-11)3-6-14-9;;/h4-5,8-9H,2-3,6-7,11H2,1H3;2*1H. The smallest absolute Gasteiger partial charge is 0.138 e. The normalized spacial score (nSPS) is 23.6. The van der Waals surface area contributed by atoms with Gasteiger partial charge in [0, 0.05) is 31.5 Å². The van der Waals surface area contributed by atoms with Gasteiger partial charge < -0.3 is 15.0 Å². The second-order valence-electron chi connectivity index (χ2n) is 3.65. The Labute approximate surface area is 108 Å². The van der Waals surface area contributed by atoms with Gasteiger partial charge in [0.05, 0.1) is 0 Å². The predicted octanol–water partition coefficient (Wildman–Crippen LogP) is 1.78. The van der Waals surface area contributed by atoms with E-state index in [0.29, 0.717) is 12.5 Å². The molecule has 1 saturated heterocycles. The fourth-order valence-electron chi connectivity index (χ4n) is 2.01. The third kappa shape index (κ3) is 2.88. The number of imidazole rings is 1. The third-order valence-electron chi connectivity index (χ3n) is 2.86. The van der Waals surface area contributed by atoms with E-state index in [9.17, 15) is 0 Å². The Hall–Kier alpha value is -0.290. The Morgan fingerprint density at radius 2 is 2.31 bits per heavy atom. The fourth-order valence-corrected chi connectivity index (χ4v) is 2.01. The van der Waals surface area contributed by atoms with E-state index < -0.39 is 0 Å². The summed E-state index contributed by atoms with van der Waals surface area (Å²) in [7, 11) is 0. The maximum atomic E-state index is 5.70. The minimum atomic E-state index is 0. The SMILES string of the molecule is CCn1ccnc1C1OCCC1CN.Cl.Cl. The molecule has 0 aliphatic carbocycles. The molecule has 2 heterocycles. The number of nitrogens with zero attached hydrogens (tertiary/aromatic N) is 2. The van der Waals surface area contributed by atoms with Crippen LogP contribution in [0.3, 0.4) is 0 Å². The van der Waals surface area contributed by atoms with E-state index >= 15 is 0 Å². The van der Waals surface area contributed by atoms with Crippen LogP contribution in [-0.2, 0) is 11.3 Å². The van der Waals surface area contributed by atoms with Gasteiger partial charge in [-0.2, -0.15) is 0 Å². The van der Waals surface area contributed by atoms with Gasteiger partial charge in [-0.05, 0) is 19.9 Å². The van der Waals surface area contributed by atoms with Crippen LogP contribution in [0.1, 0.15) is 25.3 Å². The van der Waals surface area contributed by atoms with E-state index in [1.54, 1.807) is 0 Å². The summed E-state index contributed by atoms with van der Waals surface area (Å²) >= 11 is 0. The molecule has 16 heavy (non-hydrogen) atoms. The second-order valence-corrected chi connectivity index (χ2v) is 3.65. The molecule has 1 aromatic heterocycles. The maximum Gasteiger partial charge on any atom is 0.138 e. The lowest BCUT2D eigenvalue weighted by molar-refractivity contribution is 0.0824. The highest BCUT2D eigenvalue weighted by atomic mass is 35.5. The third-order valence-corrected chi connectivity index (χ3v) is 2.86. The first-order chi connectivity index (χ1) is 6.86. The molecule has 1 fully saturated rings. The average molecular weight is 268 g/mol. The Morgan fingerprint density at radius 1 is 1.56 bits per heavy atom. The Morgan fingerprint density at radius 3 is 2.94 bits per heavy atom. The Balaban J connectivity index is 0.00000112. The first kappa shape index (κ1) is 15.7. The molecule has 2 rings (SSSR count). The maximum absolute atomic E-state index is 5.70. The lowest BCUT2D eigenvalue weighted by atomic mass is 10.0. The van der Waals surface area contributed by atoms with Gasteiger partial charge in [0.15, 0.2) is 0 Å². The molecular weight excluding hydrogens is 249 g/mol. The van der Waals surface area contributed by atoms with Crippen LogP contribution in [0.5, 0.6) is 0 Å². The minimum absolute atomic E-state index is 0. The molecule has 0 saturated carbocycles. The van der Waals surface area contributed by atoms with Gasteiger partial charge in [-0.3, -0.25) is 0 Å². The number of hydrogen-bond acceptors (Lipinski definition) is 3.